The number of hydrogen-bond donors (Lipinski definition) is 1. The Kier molecular flexibility index (Phi) is 4.03. The Morgan fingerprint density at radius 3 is 2.17 bits per heavy atom. The van der Waals surface area contributed by atoms with Crippen LogP contribution in [0.4, 0.5) is 0 Å². The molecule has 2 aromatic rings. The van der Waals surface area contributed by atoms with Crippen LogP contribution in [-0.2, 0) is 15.1 Å². The van der Waals surface area contributed by atoms with Gasteiger partial charge in [-0.25, -0.2) is 0 Å². The number of carbonyl (C=O) groups is 1. The first-order chi connectivity index (χ1) is 11.0. The molecule has 0 saturated carbocycles. The number of rotatable bonds is 3. The molecule has 0 saturated heterocycles. The second-order valence-corrected chi connectivity index (χ2v) is 5.57. The van der Waals surface area contributed by atoms with Crippen LogP contribution in [0.1, 0.15) is 12.5 Å². The number of hydrogen-bond acceptors (Lipinski definition) is 4. The molecule has 1 aliphatic heterocycles. The van der Waals surface area contributed by atoms with Crippen molar-refractivity contribution in [3.63, 3.8) is 0 Å². The third-order valence-corrected chi connectivity index (χ3v) is 4.10. The highest BCUT2D eigenvalue weighted by atomic mass is 16.6. The van der Waals surface area contributed by atoms with Gasteiger partial charge in [0.05, 0.1) is 7.11 Å². The summed E-state index contributed by atoms with van der Waals surface area (Å²) in [5.74, 6) is 0.625. The Morgan fingerprint density at radius 2 is 1.61 bits per heavy atom. The lowest BCUT2D eigenvalue weighted by Crippen LogP contribution is -2.40. The maximum Gasteiger partial charge on any atom is 0.191 e. The van der Waals surface area contributed by atoms with Gasteiger partial charge < -0.3 is 14.6 Å². The fourth-order valence-corrected chi connectivity index (χ4v) is 2.64. The van der Waals surface area contributed by atoms with Crippen LogP contribution in [0.15, 0.2) is 60.7 Å². The van der Waals surface area contributed by atoms with Crippen molar-refractivity contribution in [3.05, 3.63) is 66.2 Å². The van der Waals surface area contributed by atoms with Gasteiger partial charge in [-0.3, -0.25) is 4.79 Å². The second-order valence-electron chi connectivity index (χ2n) is 5.57. The van der Waals surface area contributed by atoms with Gasteiger partial charge in [0.15, 0.2) is 17.7 Å². The minimum Gasteiger partial charge on any atom is -0.497 e. The van der Waals surface area contributed by atoms with Crippen LogP contribution < -0.4 is 4.74 Å². The third kappa shape index (κ3) is 2.91. The number of benzene rings is 2. The molecule has 0 bridgehead atoms. The molecule has 0 spiro atoms. The van der Waals surface area contributed by atoms with E-state index in [4.69, 9.17) is 9.47 Å². The minimum atomic E-state index is -1.16. The zero-order valence-corrected chi connectivity index (χ0v) is 13.0. The molecule has 4 heteroatoms. The van der Waals surface area contributed by atoms with Crippen molar-refractivity contribution in [2.75, 3.05) is 7.11 Å². The summed E-state index contributed by atoms with van der Waals surface area (Å²) in [7, 11) is 1.63. The van der Waals surface area contributed by atoms with Crippen molar-refractivity contribution in [1.82, 2.24) is 0 Å². The van der Waals surface area contributed by atoms with Crippen LogP contribution >= 0.6 is 0 Å². The molecule has 0 amide bonds. The molecular weight excluding hydrogens is 292 g/mol. The SMILES string of the molecule is COc1ccc(-c2ccc([C@@]3(C)O[C@@H](O)C=CC3=O)cc2)cc1. The quantitative estimate of drug-likeness (QED) is 0.946. The molecule has 0 aromatic heterocycles. The molecule has 0 radical (unpaired) electrons. The van der Waals surface area contributed by atoms with Crippen LogP contribution in [0.5, 0.6) is 5.75 Å². The monoisotopic (exact) mass is 310 g/mol. The van der Waals surface area contributed by atoms with Gasteiger partial charge in [0.2, 0.25) is 0 Å². The molecule has 0 fully saturated rings. The maximum atomic E-state index is 12.2. The average Bonchev–Trinajstić information content (AvgIpc) is 2.59. The standard InChI is InChI=1S/C19H18O4/c1-19(17(20)11-12-18(21)23-19)15-7-3-13(4-8-15)14-5-9-16(22-2)10-6-14/h3-12,18,21H,1-2H3/t18-,19-/m1/s1. The largest absolute Gasteiger partial charge is 0.497 e. The van der Waals surface area contributed by atoms with Gasteiger partial charge in [0.1, 0.15) is 5.75 Å². The Bertz CT molecular complexity index is 731. The summed E-state index contributed by atoms with van der Waals surface area (Å²) >= 11 is 0. The van der Waals surface area contributed by atoms with Crippen LogP contribution in [0, 0.1) is 0 Å². The summed E-state index contributed by atoms with van der Waals surface area (Å²) in [6.07, 6.45) is 1.64. The molecule has 0 unspecified atom stereocenters. The third-order valence-electron chi connectivity index (χ3n) is 4.10. The molecule has 1 N–H and O–H groups in total. The number of aliphatic hydroxyl groups is 1. The van der Waals surface area contributed by atoms with Crippen LogP contribution in [0.25, 0.3) is 11.1 Å². The van der Waals surface area contributed by atoms with Gasteiger partial charge in [0.25, 0.3) is 0 Å². The van der Waals surface area contributed by atoms with Crippen LogP contribution in [0.2, 0.25) is 0 Å². The van der Waals surface area contributed by atoms with E-state index < -0.39 is 11.9 Å². The van der Waals surface area contributed by atoms with Crippen LogP contribution in [0.3, 0.4) is 0 Å². The van der Waals surface area contributed by atoms with Crippen molar-refractivity contribution in [3.8, 4) is 16.9 Å². The first kappa shape index (κ1) is 15.5. The predicted octanol–water partition coefficient (Wildman–Crippen LogP) is 3.05. The second kappa shape index (κ2) is 5.99. The van der Waals surface area contributed by atoms with E-state index in [9.17, 15) is 9.90 Å². The number of ether oxygens (including phenoxy) is 2. The zero-order valence-electron chi connectivity index (χ0n) is 13.0. The van der Waals surface area contributed by atoms with Gasteiger partial charge >= 0.3 is 0 Å². The molecule has 3 rings (SSSR count). The normalized spacial score (nSPS) is 23.8. The lowest BCUT2D eigenvalue weighted by atomic mass is 9.88. The smallest absolute Gasteiger partial charge is 0.191 e. The minimum absolute atomic E-state index is 0.181. The Morgan fingerprint density at radius 1 is 1.04 bits per heavy atom. The highest BCUT2D eigenvalue weighted by molar-refractivity contribution is 5.98. The molecule has 1 heterocycles. The number of carbonyl (C=O) groups excluding carboxylic acids is 1. The summed E-state index contributed by atoms with van der Waals surface area (Å²) in [4.78, 5) is 12.2. The lowest BCUT2D eigenvalue weighted by Gasteiger charge is -2.32. The molecule has 23 heavy (non-hydrogen) atoms. The van der Waals surface area contributed by atoms with E-state index in [0.717, 1.165) is 16.9 Å². The first-order valence-electron chi connectivity index (χ1n) is 7.36. The van der Waals surface area contributed by atoms with Crippen LogP contribution in [-0.4, -0.2) is 24.3 Å². The summed E-state index contributed by atoms with van der Waals surface area (Å²) in [5, 5.41) is 9.63. The predicted molar refractivity (Wildman–Crippen MR) is 87.0 cm³/mol. The van der Waals surface area contributed by atoms with E-state index in [1.54, 1.807) is 14.0 Å². The summed E-state index contributed by atoms with van der Waals surface area (Å²) in [5.41, 5.74) is 1.63. The molecule has 118 valence electrons. The van der Waals surface area contributed by atoms with Crippen molar-refractivity contribution in [2.45, 2.75) is 18.8 Å². The summed E-state index contributed by atoms with van der Waals surface area (Å²) < 4.78 is 10.6. The molecule has 1 aliphatic rings. The van der Waals surface area contributed by atoms with Crippen molar-refractivity contribution in [2.24, 2.45) is 0 Å². The number of methoxy groups -OCH3 is 1. The van der Waals surface area contributed by atoms with Gasteiger partial charge in [-0.05, 0) is 47.9 Å². The van der Waals surface area contributed by atoms with Gasteiger partial charge in [-0.15, -0.1) is 0 Å². The van der Waals surface area contributed by atoms with E-state index in [0.29, 0.717) is 5.56 Å². The molecule has 2 aromatic carbocycles. The maximum absolute atomic E-state index is 12.2. The van der Waals surface area contributed by atoms with E-state index >= 15 is 0 Å². The fraction of sp³-hybridized carbons (Fsp3) is 0.211. The Hall–Kier alpha value is -2.43. The van der Waals surface area contributed by atoms with Crippen molar-refractivity contribution in [1.29, 1.82) is 0 Å². The number of ketones is 1. The summed E-state index contributed by atoms with van der Waals surface area (Å²) in [6.45, 7) is 1.67. The zero-order chi connectivity index (χ0) is 16.4. The first-order valence-corrected chi connectivity index (χ1v) is 7.36. The van der Waals surface area contributed by atoms with E-state index in [2.05, 4.69) is 0 Å². The number of aliphatic hydroxyl groups excluding tert-OH is 1. The van der Waals surface area contributed by atoms with E-state index in [1.165, 1.54) is 12.2 Å². The van der Waals surface area contributed by atoms with Crippen molar-refractivity contribution < 1.29 is 19.4 Å². The van der Waals surface area contributed by atoms with E-state index in [1.807, 2.05) is 48.5 Å². The van der Waals surface area contributed by atoms with E-state index in [-0.39, 0.29) is 5.78 Å². The lowest BCUT2D eigenvalue weighted by molar-refractivity contribution is -0.177. The molecule has 4 nitrogen and oxygen atoms in total. The van der Waals surface area contributed by atoms with Gasteiger partial charge in [0, 0.05) is 0 Å². The summed E-state index contributed by atoms with van der Waals surface area (Å²) in [6, 6.07) is 15.3. The highest BCUT2D eigenvalue weighted by Crippen LogP contribution is 2.33. The Balaban J connectivity index is 1.89. The fourth-order valence-electron chi connectivity index (χ4n) is 2.64. The van der Waals surface area contributed by atoms with Gasteiger partial charge in [-0.1, -0.05) is 36.4 Å². The topological polar surface area (TPSA) is 55.8 Å². The molecular formula is C19H18O4. The van der Waals surface area contributed by atoms with Gasteiger partial charge in [-0.2, -0.15) is 0 Å². The van der Waals surface area contributed by atoms with Crippen molar-refractivity contribution >= 4 is 5.78 Å². The highest BCUT2D eigenvalue weighted by Gasteiger charge is 2.38. The average molecular weight is 310 g/mol. The molecule has 2 atom stereocenters. The molecule has 0 aliphatic carbocycles. The Labute approximate surface area is 135 Å².